The molecule has 0 amide bonds. The number of piperidine rings is 3. The Morgan fingerprint density at radius 1 is 1.19 bits per heavy atom. The van der Waals surface area contributed by atoms with Crippen LogP contribution in [0, 0.1) is 11.8 Å². The van der Waals surface area contributed by atoms with Crippen LogP contribution >= 0.6 is 0 Å². The van der Waals surface area contributed by atoms with Gasteiger partial charge in [-0.1, -0.05) is 13.8 Å². The summed E-state index contributed by atoms with van der Waals surface area (Å²) in [6.45, 7) is 11.6. The Kier molecular flexibility index (Phi) is 2.75. The van der Waals surface area contributed by atoms with Crippen LogP contribution in [0.25, 0.3) is 0 Å². The third-order valence-electron chi connectivity index (χ3n) is 5.10. The minimum Gasteiger partial charge on any atom is -0.301 e. The lowest BCUT2D eigenvalue weighted by Crippen LogP contribution is -2.64. The minimum absolute atomic E-state index is 0.598. The second-order valence-electron chi connectivity index (χ2n) is 6.60. The van der Waals surface area contributed by atoms with Crippen molar-refractivity contribution in [3.05, 3.63) is 0 Å². The van der Waals surface area contributed by atoms with Crippen molar-refractivity contribution in [2.75, 3.05) is 32.7 Å². The third-order valence-corrected chi connectivity index (χ3v) is 5.10. The molecule has 0 aromatic rings. The van der Waals surface area contributed by atoms with Gasteiger partial charge in [-0.25, -0.2) is 0 Å². The van der Waals surface area contributed by atoms with E-state index in [1.54, 1.807) is 0 Å². The average molecular weight is 222 g/mol. The van der Waals surface area contributed by atoms with Crippen LogP contribution in [0.4, 0.5) is 0 Å². The van der Waals surface area contributed by atoms with Crippen LogP contribution in [-0.4, -0.2) is 48.1 Å². The van der Waals surface area contributed by atoms with Crippen LogP contribution in [-0.2, 0) is 0 Å². The molecule has 16 heavy (non-hydrogen) atoms. The lowest BCUT2D eigenvalue weighted by molar-refractivity contribution is -0.0543. The number of fused-ring (bicyclic) bond motifs is 2. The minimum atomic E-state index is 0.598. The van der Waals surface area contributed by atoms with Gasteiger partial charge in [0.05, 0.1) is 0 Å². The maximum absolute atomic E-state index is 2.85. The van der Waals surface area contributed by atoms with Crippen LogP contribution in [0.2, 0.25) is 0 Å². The lowest BCUT2D eigenvalue weighted by atomic mass is 9.71. The van der Waals surface area contributed by atoms with E-state index in [2.05, 4.69) is 23.6 Å². The third kappa shape index (κ3) is 1.62. The Hall–Kier alpha value is -0.0800. The summed E-state index contributed by atoms with van der Waals surface area (Å²) in [7, 11) is 0. The molecular formula is C14H26N2. The standard InChI is InChI=1S/C14H26N2/c1-12(2)10-16-7-3-6-14(16)11-15-8-4-13(14)5-9-15/h12-13H,3-11H2,1-2H3. The second-order valence-corrected chi connectivity index (χ2v) is 6.60. The molecular weight excluding hydrogens is 196 g/mol. The molecule has 0 aromatic heterocycles. The van der Waals surface area contributed by atoms with E-state index in [4.69, 9.17) is 0 Å². The highest BCUT2D eigenvalue weighted by Gasteiger charge is 2.51. The van der Waals surface area contributed by atoms with Crippen molar-refractivity contribution in [1.82, 2.24) is 9.80 Å². The summed E-state index contributed by atoms with van der Waals surface area (Å²) in [6.07, 6.45) is 5.85. The van der Waals surface area contributed by atoms with Gasteiger partial charge in [-0.15, -0.1) is 0 Å². The van der Waals surface area contributed by atoms with E-state index >= 15 is 0 Å². The Bertz CT molecular complexity index is 255. The maximum Gasteiger partial charge on any atom is 0.0366 e. The molecule has 4 aliphatic rings. The lowest BCUT2D eigenvalue weighted by Gasteiger charge is -2.56. The largest absolute Gasteiger partial charge is 0.301 e. The predicted octanol–water partition coefficient (Wildman–Crippen LogP) is 2.20. The van der Waals surface area contributed by atoms with E-state index in [1.807, 2.05) is 0 Å². The molecule has 0 aromatic carbocycles. The molecule has 2 nitrogen and oxygen atoms in total. The first-order valence-electron chi connectivity index (χ1n) is 7.18. The monoisotopic (exact) mass is 222 g/mol. The molecule has 0 saturated carbocycles. The van der Waals surface area contributed by atoms with Gasteiger partial charge in [0, 0.05) is 18.6 Å². The molecule has 4 saturated heterocycles. The van der Waals surface area contributed by atoms with Gasteiger partial charge in [-0.2, -0.15) is 0 Å². The van der Waals surface area contributed by atoms with Crippen LogP contribution < -0.4 is 0 Å². The van der Waals surface area contributed by atoms with Gasteiger partial charge in [0.2, 0.25) is 0 Å². The zero-order valence-corrected chi connectivity index (χ0v) is 10.9. The van der Waals surface area contributed by atoms with Gasteiger partial charge in [0.1, 0.15) is 0 Å². The summed E-state index contributed by atoms with van der Waals surface area (Å²) in [5, 5.41) is 0. The van der Waals surface area contributed by atoms with E-state index in [1.165, 1.54) is 58.4 Å². The van der Waals surface area contributed by atoms with Gasteiger partial charge in [0.15, 0.2) is 0 Å². The van der Waals surface area contributed by atoms with Crippen molar-refractivity contribution in [2.24, 2.45) is 11.8 Å². The van der Waals surface area contributed by atoms with Gasteiger partial charge in [-0.3, -0.25) is 4.90 Å². The number of hydrogen-bond donors (Lipinski definition) is 0. The van der Waals surface area contributed by atoms with Gasteiger partial charge < -0.3 is 4.90 Å². The number of likely N-dealkylation sites (tertiary alicyclic amines) is 1. The SMILES string of the molecule is CC(C)CN1CCCC12CN1CCC2CC1. The first kappa shape index (κ1) is 11.0. The van der Waals surface area contributed by atoms with Crippen LogP contribution in [0.3, 0.4) is 0 Å². The normalized spacial score (nSPS) is 43.7. The Morgan fingerprint density at radius 3 is 2.50 bits per heavy atom. The van der Waals surface area contributed by atoms with Crippen molar-refractivity contribution in [3.63, 3.8) is 0 Å². The summed E-state index contributed by atoms with van der Waals surface area (Å²) in [5.41, 5.74) is 0.598. The summed E-state index contributed by atoms with van der Waals surface area (Å²) >= 11 is 0. The number of nitrogens with zero attached hydrogens (tertiary/aromatic N) is 2. The topological polar surface area (TPSA) is 6.48 Å². The molecule has 2 bridgehead atoms. The molecule has 4 aliphatic heterocycles. The highest BCUT2D eigenvalue weighted by molar-refractivity contribution is 5.08. The molecule has 92 valence electrons. The van der Waals surface area contributed by atoms with Gasteiger partial charge in [-0.05, 0) is 57.2 Å². The van der Waals surface area contributed by atoms with Crippen LogP contribution in [0.5, 0.6) is 0 Å². The van der Waals surface area contributed by atoms with E-state index in [-0.39, 0.29) is 0 Å². The highest BCUT2D eigenvalue weighted by Crippen LogP contribution is 2.45. The molecule has 2 heteroatoms. The van der Waals surface area contributed by atoms with E-state index in [0.717, 1.165) is 11.8 Å². The molecule has 4 rings (SSSR count). The van der Waals surface area contributed by atoms with Crippen LogP contribution in [0.1, 0.15) is 39.5 Å². The highest BCUT2D eigenvalue weighted by atomic mass is 15.3. The zero-order valence-electron chi connectivity index (χ0n) is 10.9. The van der Waals surface area contributed by atoms with Crippen molar-refractivity contribution >= 4 is 0 Å². The fourth-order valence-corrected chi connectivity index (χ4v) is 4.46. The Labute approximate surface area is 100.0 Å². The molecule has 1 atom stereocenters. The number of hydrogen-bond acceptors (Lipinski definition) is 2. The summed E-state index contributed by atoms with van der Waals surface area (Å²) in [5.74, 6) is 1.84. The number of rotatable bonds is 2. The Morgan fingerprint density at radius 2 is 1.94 bits per heavy atom. The van der Waals surface area contributed by atoms with Crippen molar-refractivity contribution < 1.29 is 0 Å². The maximum atomic E-state index is 2.85. The molecule has 1 spiro atoms. The Balaban J connectivity index is 1.80. The summed E-state index contributed by atoms with van der Waals surface area (Å²) in [4.78, 5) is 5.58. The second kappa shape index (κ2) is 3.99. The van der Waals surface area contributed by atoms with E-state index in [9.17, 15) is 0 Å². The predicted molar refractivity (Wildman–Crippen MR) is 67.5 cm³/mol. The molecule has 4 fully saturated rings. The summed E-state index contributed by atoms with van der Waals surface area (Å²) in [6, 6.07) is 0. The molecule has 0 N–H and O–H groups in total. The first-order chi connectivity index (χ1) is 7.71. The van der Waals surface area contributed by atoms with Gasteiger partial charge >= 0.3 is 0 Å². The molecule has 0 radical (unpaired) electrons. The van der Waals surface area contributed by atoms with Crippen molar-refractivity contribution in [3.8, 4) is 0 Å². The quantitative estimate of drug-likeness (QED) is 0.707. The van der Waals surface area contributed by atoms with E-state index < -0.39 is 0 Å². The van der Waals surface area contributed by atoms with E-state index in [0.29, 0.717) is 5.54 Å². The first-order valence-corrected chi connectivity index (χ1v) is 7.18. The average Bonchev–Trinajstić information content (AvgIpc) is 2.62. The van der Waals surface area contributed by atoms with Crippen LogP contribution in [0.15, 0.2) is 0 Å². The van der Waals surface area contributed by atoms with Crippen molar-refractivity contribution in [1.29, 1.82) is 0 Å². The molecule has 4 heterocycles. The smallest absolute Gasteiger partial charge is 0.0366 e. The fourth-order valence-electron chi connectivity index (χ4n) is 4.46. The fraction of sp³-hybridized carbons (Fsp3) is 1.00. The molecule has 0 aliphatic carbocycles. The zero-order chi connectivity index (χ0) is 11.2. The van der Waals surface area contributed by atoms with Gasteiger partial charge in [0.25, 0.3) is 0 Å². The molecule has 1 unspecified atom stereocenters. The summed E-state index contributed by atoms with van der Waals surface area (Å²) < 4.78 is 0. The van der Waals surface area contributed by atoms with Crippen molar-refractivity contribution in [2.45, 2.75) is 45.1 Å².